The summed E-state index contributed by atoms with van der Waals surface area (Å²) in [6.45, 7) is 2.97. The summed E-state index contributed by atoms with van der Waals surface area (Å²) in [6.07, 6.45) is 0. The molecule has 1 saturated heterocycles. The van der Waals surface area contributed by atoms with Crippen LogP contribution in [0.2, 0.25) is 0 Å². The number of amides is 1. The molecule has 1 aliphatic heterocycles. The van der Waals surface area contributed by atoms with Crippen LogP contribution in [-0.2, 0) is 4.74 Å². The van der Waals surface area contributed by atoms with Crippen molar-refractivity contribution in [1.29, 1.82) is 0 Å². The lowest BCUT2D eigenvalue weighted by atomic mass is 10.1. The van der Waals surface area contributed by atoms with Gasteiger partial charge in [-0.25, -0.2) is 10.5 Å². The number of ether oxygens (including phenoxy) is 1. The number of hydrogen-bond donors (Lipinski definition) is 3. The Bertz CT molecular complexity index is 1350. The Labute approximate surface area is 191 Å². The number of aromatic amines is 1. The number of anilines is 1. The summed E-state index contributed by atoms with van der Waals surface area (Å²) in [6, 6.07) is 20.9. The first-order chi connectivity index (χ1) is 16.2. The van der Waals surface area contributed by atoms with Gasteiger partial charge in [-0.2, -0.15) is 0 Å². The fourth-order valence-electron chi connectivity index (χ4n) is 3.85. The van der Waals surface area contributed by atoms with E-state index in [0.29, 0.717) is 24.6 Å². The molecule has 3 N–H and O–H groups in total. The number of hydroxylamine groups is 1. The molecule has 0 spiro atoms. The van der Waals surface area contributed by atoms with Crippen molar-refractivity contribution in [3.63, 3.8) is 0 Å². The molecule has 0 unspecified atom stereocenters. The van der Waals surface area contributed by atoms with Crippen LogP contribution in [0.3, 0.4) is 0 Å². The number of nitrogens with zero attached hydrogens (tertiary/aromatic N) is 2. The average Bonchev–Trinajstić information content (AvgIpc) is 3.30. The molecule has 5 rings (SSSR count). The van der Waals surface area contributed by atoms with Gasteiger partial charge in [0.1, 0.15) is 5.82 Å². The molecule has 0 saturated carbocycles. The van der Waals surface area contributed by atoms with E-state index in [0.717, 1.165) is 46.5 Å². The minimum absolute atomic E-state index is 0.366. The fraction of sp³-hybridized carbons (Fsp3) is 0.154. The Balaban J connectivity index is 1.55. The number of rotatable bonds is 3. The highest BCUT2D eigenvalue weighted by Gasteiger charge is 2.17. The van der Waals surface area contributed by atoms with Crippen molar-refractivity contribution in [2.75, 3.05) is 31.2 Å². The standard InChI is InChI=1S/C26H22N4O3/c31-26(29-32)20-10-8-19(9-11-20)25-27-22-16-21(7-6-18-4-2-1-3-5-18)24(17-23(22)28-25)30-12-14-33-15-13-30/h1-5,8-11,16-17,32H,12-15H2,(H,27,28)(H,29,31). The van der Waals surface area contributed by atoms with Crippen LogP contribution in [0.25, 0.3) is 22.4 Å². The second kappa shape index (κ2) is 9.17. The SMILES string of the molecule is O=C(NO)c1ccc(-c2nc3cc(N4CCOCC4)c(C#Cc4ccccc4)cc3[nH]2)cc1. The van der Waals surface area contributed by atoms with Gasteiger partial charge in [0.05, 0.1) is 35.5 Å². The monoisotopic (exact) mass is 438 g/mol. The molecule has 7 heteroatoms. The molecular formula is C26H22N4O3. The van der Waals surface area contributed by atoms with Crippen molar-refractivity contribution in [2.24, 2.45) is 0 Å². The summed E-state index contributed by atoms with van der Waals surface area (Å²) in [4.78, 5) is 22.0. The quantitative estimate of drug-likeness (QED) is 0.258. The normalized spacial score (nSPS) is 13.4. The van der Waals surface area contributed by atoms with Gasteiger partial charge in [0.15, 0.2) is 0 Å². The van der Waals surface area contributed by atoms with Crippen LogP contribution >= 0.6 is 0 Å². The van der Waals surface area contributed by atoms with E-state index < -0.39 is 5.91 Å². The zero-order valence-electron chi connectivity index (χ0n) is 17.8. The Morgan fingerprint density at radius 2 is 1.79 bits per heavy atom. The van der Waals surface area contributed by atoms with E-state index in [1.54, 1.807) is 29.7 Å². The molecule has 1 aromatic heterocycles. The first-order valence-electron chi connectivity index (χ1n) is 10.7. The smallest absolute Gasteiger partial charge is 0.274 e. The minimum Gasteiger partial charge on any atom is -0.378 e. The van der Waals surface area contributed by atoms with Gasteiger partial charge in [-0.3, -0.25) is 10.0 Å². The van der Waals surface area contributed by atoms with Crippen molar-refractivity contribution < 1.29 is 14.7 Å². The van der Waals surface area contributed by atoms with Crippen molar-refractivity contribution >= 4 is 22.6 Å². The first-order valence-corrected chi connectivity index (χ1v) is 10.7. The molecule has 4 aromatic rings. The number of carbonyl (C=O) groups excluding carboxylic acids is 1. The molecular weight excluding hydrogens is 416 g/mol. The Morgan fingerprint density at radius 3 is 2.52 bits per heavy atom. The number of hydrogen-bond acceptors (Lipinski definition) is 5. The molecule has 0 radical (unpaired) electrons. The maximum Gasteiger partial charge on any atom is 0.274 e. The van der Waals surface area contributed by atoms with Gasteiger partial charge in [0.2, 0.25) is 0 Å². The third-order valence-corrected chi connectivity index (χ3v) is 5.59. The minimum atomic E-state index is -0.553. The zero-order valence-corrected chi connectivity index (χ0v) is 17.8. The number of imidazole rings is 1. The van der Waals surface area contributed by atoms with Crippen molar-refractivity contribution in [3.8, 4) is 23.2 Å². The molecule has 1 fully saturated rings. The third-order valence-electron chi connectivity index (χ3n) is 5.59. The van der Waals surface area contributed by atoms with Crippen molar-refractivity contribution in [3.05, 3.63) is 83.4 Å². The molecule has 164 valence electrons. The van der Waals surface area contributed by atoms with Crippen LogP contribution in [0.4, 0.5) is 5.69 Å². The van der Waals surface area contributed by atoms with Crippen LogP contribution in [0.15, 0.2) is 66.7 Å². The molecule has 0 atom stereocenters. The summed E-state index contributed by atoms with van der Waals surface area (Å²) in [5.74, 6) is 6.75. The van der Waals surface area contributed by atoms with Crippen LogP contribution in [0.5, 0.6) is 0 Å². The molecule has 1 amide bonds. The van der Waals surface area contributed by atoms with Gasteiger partial charge in [0, 0.05) is 29.8 Å². The number of carbonyl (C=O) groups is 1. The number of fused-ring (bicyclic) bond motifs is 1. The number of aromatic nitrogens is 2. The topological polar surface area (TPSA) is 90.5 Å². The van der Waals surface area contributed by atoms with Crippen LogP contribution in [0.1, 0.15) is 21.5 Å². The van der Waals surface area contributed by atoms with Crippen molar-refractivity contribution in [1.82, 2.24) is 15.4 Å². The number of H-pyrrole nitrogens is 1. The molecule has 0 aliphatic carbocycles. The summed E-state index contributed by atoms with van der Waals surface area (Å²) < 4.78 is 5.53. The second-order valence-electron chi connectivity index (χ2n) is 7.71. The van der Waals surface area contributed by atoms with E-state index in [-0.39, 0.29) is 0 Å². The lowest BCUT2D eigenvalue weighted by Gasteiger charge is -2.29. The molecule has 3 aromatic carbocycles. The van der Waals surface area contributed by atoms with Gasteiger partial charge in [-0.1, -0.05) is 42.2 Å². The summed E-state index contributed by atoms with van der Waals surface area (Å²) in [5.41, 5.74) is 7.51. The largest absolute Gasteiger partial charge is 0.378 e. The molecule has 7 nitrogen and oxygen atoms in total. The van der Waals surface area contributed by atoms with Crippen LogP contribution in [0, 0.1) is 11.8 Å². The van der Waals surface area contributed by atoms with E-state index in [1.807, 2.05) is 36.4 Å². The third kappa shape index (κ3) is 4.44. The van der Waals surface area contributed by atoms with Crippen molar-refractivity contribution in [2.45, 2.75) is 0 Å². The van der Waals surface area contributed by atoms with Crippen LogP contribution in [-0.4, -0.2) is 47.4 Å². The zero-order chi connectivity index (χ0) is 22.6. The maximum absolute atomic E-state index is 11.6. The highest BCUT2D eigenvalue weighted by molar-refractivity contribution is 5.94. The van der Waals surface area contributed by atoms with E-state index in [9.17, 15) is 4.79 Å². The van der Waals surface area contributed by atoms with E-state index in [2.05, 4.69) is 27.8 Å². The molecule has 1 aliphatic rings. The number of nitrogens with one attached hydrogen (secondary N) is 2. The summed E-state index contributed by atoms with van der Waals surface area (Å²) >= 11 is 0. The lowest BCUT2D eigenvalue weighted by molar-refractivity contribution is 0.0706. The number of morpholine rings is 1. The Morgan fingerprint density at radius 1 is 1.03 bits per heavy atom. The van der Waals surface area contributed by atoms with E-state index >= 15 is 0 Å². The second-order valence-corrected chi connectivity index (χ2v) is 7.71. The average molecular weight is 438 g/mol. The fourth-order valence-corrected chi connectivity index (χ4v) is 3.85. The highest BCUT2D eigenvalue weighted by Crippen LogP contribution is 2.29. The maximum atomic E-state index is 11.6. The van der Waals surface area contributed by atoms with Crippen LogP contribution < -0.4 is 10.4 Å². The molecule has 33 heavy (non-hydrogen) atoms. The van der Waals surface area contributed by atoms with Gasteiger partial charge >= 0.3 is 0 Å². The van der Waals surface area contributed by atoms with E-state index in [1.165, 1.54) is 0 Å². The highest BCUT2D eigenvalue weighted by atomic mass is 16.5. The first kappa shape index (κ1) is 20.8. The van der Waals surface area contributed by atoms with Gasteiger partial charge < -0.3 is 14.6 Å². The molecule has 2 heterocycles. The molecule has 0 bridgehead atoms. The van der Waals surface area contributed by atoms with Gasteiger partial charge in [0.25, 0.3) is 5.91 Å². The van der Waals surface area contributed by atoms with Gasteiger partial charge in [-0.05, 0) is 36.4 Å². The lowest BCUT2D eigenvalue weighted by Crippen LogP contribution is -2.36. The number of benzene rings is 3. The van der Waals surface area contributed by atoms with Gasteiger partial charge in [-0.15, -0.1) is 0 Å². The predicted octanol–water partition coefficient (Wildman–Crippen LogP) is 3.59. The Kier molecular flexibility index (Phi) is 5.77. The summed E-state index contributed by atoms with van der Waals surface area (Å²) in [7, 11) is 0. The summed E-state index contributed by atoms with van der Waals surface area (Å²) in [5, 5.41) is 8.80. The Hall–Kier alpha value is -4.12. The van der Waals surface area contributed by atoms with E-state index in [4.69, 9.17) is 14.9 Å². The predicted molar refractivity (Wildman–Crippen MR) is 126 cm³/mol.